The summed E-state index contributed by atoms with van der Waals surface area (Å²) in [7, 11) is 0. The van der Waals surface area contributed by atoms with Crippen LogP contribution >= 0.6 is 0 Å². The molecule has 102 valence electrons. The third kappa shape index (κ3) is 2.38. The number of nitrogens with two attached hydrogens (primary N) is 1. The first-order chi connectivity index (χ1) is 9.15. The molecule has 3 N–H and O–H groups in total. The third-order valence-corrected chi connectivity index (χ3v) is 4.01. The van der Waals surface area contributed by atoms with Gasteiger partial charge in [-0.15, -0.1) is 0 Å². The molecule has 2 heterocycles. The first-order valence-corrected chi connectivity index (χ1v) is 6.95. The van der Waals surface area contributed by atoms with Crippen LogP contribution in [0.1, 0.15) is 42.0 Å². The van der Waals surface area contributed by atoms with Crippen LogP contribution in [0.15, 0.2) is 12.1 Å². The lowest BCUT2D eigenvalue weighted by Gasteiger charge is -2.26. The number of aryl methyl sites for hydroxylation is 2. The number of rotatable bonds is 2. The number of ether oxygens (including phenoxy) is 1. The maximum atomic E-state index is 11.6. The second-order valence-corrected chi connectivity index (χ2v) is 5.51. The van der Waals surface area contributed by atoms with Gasteiger partial charge in [0.05, 0.1) is 12.1 Å². The van der Waals surface area contributed by atoms with Crippen LogP contribution in [-0.2, 0) is 16.0 Å². The van der Waals surface area contributed by atoms with Crippen molar-refractivity contribution in [1.29, 1.82) is 0 Å². The Morgan fingerprint density at radius 3 is 3.00 bits per heavy atom. The van der Waals surface area contributed by atoms with Crippen LogP contribution in [-0.4, -0.2) is 18.6 Å². The number of carbonyl (C=O) groups is 1. The van der Waals surface area contributed by atoms with E-state index in [-0.39, 0.29) is 18.1 Å². The molecular weight excluding hydrogens is 240 g/mol. The van der Waals surface area contributed by atoms with Crippen molar-refractivity contribution in [3.63, 3.8) is 0 Å². The highest BCUT2D eigenvalue weighted by atomic mass is 16.5. The van der Waals surface area contributed by atoms with Gasteiger partial charge in [-0.2, -0.15) is 0 Å². The van der Waals surface area contributed by atoms with E-state index in [1.165, 1.54) is 11.1 Å². The number of nitrogens with one attached hydrogen (secondary N) is 1. The summed E-state index contributed by atoms with van der Waals surface area (Å²) in [5.41, 5.74) is 10.7. The molecule has 0 aromatic heterocycles. The van der Waals surface area contributed by atoms with Crippen LogP contribution in [0.4, 0.5) is 5.69 Å². The first kappa shape index (κ1) is 12.6. The minimum absolute atomic E-state index is 0.0738. The molecule has 0 bridgehead atoms. The van der Waals surface area contributed by atoms with E-state index in [1.54, 1.807) is 0 Å². The van der Waals surface area contributed by atoms with E-state index in [9.17, 15) is 4.79 Å². The fourth-order valence-corrected chi connectivity index (χ4v) is 3.04. The van der Waals surface area contributed by atoms with Crippen molar-refractivity contribution in [3.8, 4) is 0 Å². The standard InChI is InChI=1S/C15H20N2O2/c1-9-7-10-4-5-13(18)17-15(10)11(8-9)14(16)12-3-2-6-19-12/h7-8,12,14H,2-6,16H2,1H3,(H,17,18). The van der Waals surface area contributed by atoms with Crippen molar-refractivity contribution in [2.75, 3.05) is 11.9 Å². The van der Waals surface area contributed by atoms with Gasteiger partial charge >= 0.3 is 0 Å². The molecule has 1 fully saturated rings. The van der Waals surface area contributed by atoms with E-state index >= 15 is 0 Å². The Bertz CT molecular complexity index is 507. The third-order valence-electron chi connectivity index (χ3n) is 4.01. The van der Waals surface area contributed by atoms with Crippen molar-refractivity contribution in [3.05, 3.63) is 28.8 Å². The number of anilines is 1. The minimum atomic E-state index is -0.158. The second kappa shape index (κ2) is 4.94. The average molecular weight is 260 g/mol. The van der Waals surface area contributed by atoms with Gasteiger partial charge in [0.15, 0.2) is 0 Å². The molecule has 0 saturated carbocycles. The smallest absolute Gasteiger partial charge is 0.224 e. The molecule has 1 aromatic rings. The minimum Gasteiger partial charge on any atom is -0.376 e. The first-order valence-electron chi connectivity index (χ1n) is 6.95. The summed E-state index contributed by atoms with van der Waals surface area (Å²) in [6.45, 7) is 2.86. The average Bonchev–Trinajstić information content (AvgIpc) is 2.91. The molecule has 2 atom stereocenters. The van der Waals surface area contributed by atoms with Crippen LogP contribution in [0, 0.1) is 6.92 Å². The zero-order valence-electron chi connectivity index (χ0n) is 11.2. The maximum Gasteiger partial charge on any atom is 0.224 e. The zero-order chi connectivity index (χ0) is 13.4. The lowest BCUT2D eigenvalue weighted by molar-refractivity contribution is -0.116. The highest BCUT2D eigenvalue weighted by Crippen LogP contribution is 2.35. The maximum absolute atomic E-state index is 11.6. The lowest BCUT2D eigenvalue weighted by Crippen LogP contribution is -2.29. The lowest BCUT2D eigenvalue weighted by atomic mass is 9.90. The van der Waals surface area contributed by atoms with Gasteiger partial charge in [0.2, 0.25) is 5.91 Å². The number of carbonyl (C=O) groups excluding carboxylic acids is 1. The van der Waals surface area contributed by atoms with Crippen molar-refractivity contribution < 1.29 is 9.53 Å². The molecule has 0 spiro atoms. The molecule has 19 heavy (non-hydrogen) atoms. The van der Waals surface area contributed by atoms with Gasteiger partial charge in [0, 0.05) is 18.7 Å². The molecule has 0 aliphatic carbocycles. The van der Waals surface area contributed by atoms with Gasteiger partial charge < -0.3 is 15.8 Å². The van der Waals surface area contributed by atoms with Gasteiger partial charge in [-0.05, 0) is 37.3 Å². The highest BCUT2D eigenvalue weighted by Gasteiger charge is 2.28. The summed E-state index contributed by atoms with van der Waals surface area (Å²) in [5, 5.41) is 2.99. The van der Waals surface area contributed by atoms with E-state index in [2.05, 4.69) is 24.4 Å². The quantitative estimate of drug-likeness (QED) is 0.855. The van der Waals surface area contributed by atoms with Crippen molar-refractivity contribution in [1.82, 2.24) is 0 Å². The van der Waals surface area contributed by atoms with Gasteiger partial charge in [-0.25, -0.2) is 0 Å². The highest BCUT2D eigenvalue weighted by molar-refractivity contribution is 5.95. The summed E-state index contributed by atoms with van der Waals surface area (Å²) < 4.78 is 5.69. The Morgan fingerprint density at radius 2 is 2.26 bits per heavy atom. The number of hydrogen-bond donors (Lipinski definition) is 2. The molecule has 2 aliphatic rings. The van der Waals surface area contributed by atoms with Crippen molar-refractivity contribution in [2.45, 2.75) is 44.8 Å². The van der Waals surface area contributed by atoms with Crippen LogP contribution in [0.25, 0.3) is 0 Å². The SMILES string of the molecule is Cc1cc2c(c(C(N)C3CCCO3)c1)NC(=O)CC2. The molecule has 4 nitrogen and oxygen atoms in total. The molecule has 3 rings (SSSR count). The monoisotopic (exact) mass is 260 g/mol. The molecular formula is C15H20N2O2. The predicted molar refractivity (Wildman–Crippen MR) is 74.0 cm³/mol. The molecule has 1 saturated heterocycles. The molecule has 2 aliphatic heterocycles. The Morgan fingerprint density at radius 1 is 1.42 bits per heavy atom. The molecule has 1 aromatic carbocycles. The number of amides is 1. The zero-order valence-corrected chi connectivity index (χ0v) is 11.2. The van der Waals surface area contributed by atoms with Crippen LogP contribution < -0.4 is 11.1 Å². The summed E-state index contributed by atoms with van der Waals surface area (Å²) >= 11 is 0. The largest absolute Gasteiger partial charge is 0.376 e. The van der Waals surface area contributed by atoms with E-state index in [4.69, 9.17) is 10.5 Å². The Balaban J connectivity index is 1.99. The number of benzene rings is 1. The fourth-order valence-electron chi connectivity index (χ4n) is 3.04. The molecule has 0 radical (unpaired) electrons. The van der Waals surface area contributed by atoms with Gasteiger partial charge in [-0.3, -0.25) is 4.79 Å². The number of hydrogen-bond acceptors (Lipinski definition) is 3. The van der Waals surface area contributed by atoms with E-state index in [1.807, 2.05) is 0 Å². The summed E-state index contributed by atoms with van der Waals surface area (Å²) in [6.07, 6.45) is 3.50. The van der Waals surface area contributed by atoms with E-state index in [0.717, 1.165) is 37.1 Å². The van der Waals surface area contributed by atoms with Crippen molar-refractivity contribution in [2.24, 2.45) is 5.73 Å². The van der Waals surface area contributed by atoms with Crippen molar-refractivity contribution >= 4 is 11.6 Å². The van der Waals surface area contributed by atoms with Crippen LogP contribution in [0.5, 0.6) is 0 Å². The van der Waals surface area contributed by atoms with Gasteiger partial charge in [0.25, 0.3) is 0 Å². The molecule has 1 amide bonds. The predicted octanol–water partition coefficient (Wildman–Crippen LogP) is 2.06. The van der Waals surface area contributed by atoms with Crippen LogP contribution in [0.3, 0.4) is 0 Å². The number of fused-ring (bicyclic) bond motifs is 1. The van der Waals surface area contributed by atoms with E-state index in [0.29, 0.717) is 6.42 Å². The van der Waals surface area contributed by atoms with Crippen LogP contribution in [0.2, 0.25) is 0 Å². The Hall–Kier alpha value is -1.39. The topological polar surface area (TPSA) is 64.3 Å². The summed E-state index contributed by atoms with van der Waals surface area (Å²) in [5.74, 6) is 0.0807. The summed E-state index contributed by atoms with van der Waals surface area (Å²) in [4.78, 5) is 11.6. The van der Waals surface area contributed by atoms with Gasteiger partial charge in [-0.1, -0.05) is 17.7 Å². The normalized spacial score (nSPS) is 23.9. The second-order valence-electron chi connectivity index (χ2n) is 5.51. The Kier molecular flexibility index (Phi) is 3.29. The molecule has 2 unspecified atom stereocenters. The molecule has 4 heteroatoms. The summed E-state index contributed by atoms with van der Waals surface area (Å²) in [6, 6.07) is 4.06. The van der Waals surface area contributed by atoms with Gasteiger partial charge in [0.1, 0.15) is 0 Å². The Labute approximate surface area is 113 Å². The fraction of sp³-hybridized carbons (Fsp3) is 0.533. The van der Waals surface area contributed by atoms with E-state index < -0.39 is 0 Å².